The number of rotatable bonds is 4. The van der Waals surface area contributed by atoms with Gasteiger partial charge in [0.15, 0.2) is 0 Å². The molecule has 0 amide bonds. The predicted octanol–water partition coefficient (Wildman–Crippen LogP) is 3.08. The molecular formula is C18H20O3. The summed E-state index contributed by atoms with van der Waals surface area (Å²) >= 11 is 0. The van der Waals surface area contributed by atoms with Gasteiger partial charge in [0.2, 0.25) is 5.79 Å². The summed E-state index contributed by atoms with van der Waals surface area (Å²) in [7, 11) is 0. The first-order valence-corrected chi connectivity index (χ1v) is 7.39. The molecule has 2 aromatic carbocycles. The van der Waals surface area contributed by atoms with Crippen LogP contribution in [0.2, 0.25) is 0 Å². The molecule has 21 heavy (non-hydrogen) atoms. The topological polar surface area (TPSA) is 38.7 Å². The molecule has 1 heterocycles. The smallest absolute Gasteiger partial charge is 0.222 e. The van der Waals surface area contributed by atoms with Crippen LogP contribution in [0.1, 0.15) is 24.0 Å². The van der Waals surface area contributed by atoms with Gasteiger partial charge < -0.3 is 14.6 Å². The minimum absolute atomic E-state index is 0.00385. The van der Waals surface area contributed by atoms with Crippen LogP contribution < -0.4 is 0 Å². The summed E-state index contributed by atoms with van der Waals surface area (Å²) in [6.07, 6.45) is 1.44. The van der Waals surface area contributed by atoms with Gasteiger partial charge in [-0.3, -0.25) is 0 Å². The summed E-state index contributed by atoms with van der Waals surface area (Å²) < 4.78 is 12.4. The monoisotopic (exact) mass is 284 g/mol. The van der Waals surface area contributed by atoms with Crippen molar-refractivity contribution in [3.8, 4) is 0 Å². The fourth-order valence-electron chi connectivity index (χ4n) is 2.79. The average Bonchev–Trinajstić information content (AvgIpc) is 2.57. The van der Waals surface area contributed by atoms with Gasteiger partial charge in [0.1, 0.15) is 0 Å². The molecule has 3 nitrogen and oxygen atoms in total. The second-order valence-electron chi connectivity index (χ2n) is 5.24. The van der Waals surface area contributed by atoms with Crippen LogP contribution in [0.15, 0.2) is 60.7 Å². The van der Waals surface area contributed by atoms with Crippen molar-refractivity contribution < 1.29 is 14.6 Å². The molecule has 1 saturated heterocycles. The third-order valence-electron chi connectivity index (χ3n) is 3.84. The first-order chi connectivity index (χ1) is 10.3. The highest BCUT2D eigenvalue weighted by molar-refractivity contribution is 5.34. The van der Waals surface area contributed by atoms with Gasteiger partial charge in [-0.25, -0.2) is 0 Å². The maximum atomic E-state index is 9.21. The van der Waals surface area contributed by atoms with E-state index in [0.29, 0.717) is 13.0 Å². The van der Waals surface area contributed by atoms with Crippen molar-refractivity contribution in [1.82, 2.24) is 0 Å². The van der Waals surface area contributed by atoms with Crippen LogP contribution in [0.25, 0.3) is 0 Å². The Kier molecular flexibility index (Phi) is 4.34. The second-order valence-corrected chi connectivity index (χ2v) is 5.24. The van der Waals surface area contributed by atoms with E-state index in [2.05, 4.69) is 0 Å². The van der Waals surface area contributed by atoms with Crippen molar-refractivity contribution in [2.24, 2.45) is 0 Å². The van der Waals surface area contributed by atoms with E-state index < -0.39 is 5.79 Å². The number of aliphatic hydroxyl groups excluding tert-OH is 1. The summed E-state index contributed by atoms with van der Waals surface area (Å²) in [6.45, 7) is 0.749. The van der Waals surface area contributed by atoms with E-state index in [1.807, 2.05) is 60.7 Å². The molecule has 1 aliphatic rings. The zero-order valence-corrected chi connectivity index (χ0v) is 11.9. The number of ether oxygens (including phenoxy) is 2. The Balaban J connectivity index is 2.03. The molecule has 1 unspecified atom stereocenters. The number of hydrogen-bond acceptors (Lipinski definition) is 3. The van der Waals surface area contributed by atoms with Gasteiger partial charge in [-0.15, -0.1) is 0 Å². The fraction of sp³-hybridized carbons (Fsp3) is 0.333. The van der Waals surface area contributed by atoms with Crippen LogP contribution in [0.5, 0.6) is 0 Å². The molecule has 3 heteroatoms. The van der Waals surface area contributed by atoms with E-state index in [-0.39, 0.29) is 12.7 Å². The van der Waals surface area contributed by atoms with E-state index >= 15 is 0 Å². The summed E-state index contributed by atoms with van der Waals surface area (Å²) in [5.41, 5.74) is 1.97. The van der Waals surface area contributed by atoms with Gasteiger partial charge >= 0.3 is 0 Å². The number of hydrogen-bond donors (Lipinski definition) is 1. The Morgan fingerprint density at radius 2 is 1.52 bits per heavy atom. The third-order valence-corrected chi connectivity index (χ3v) is 3.84. The van der Waals surface area contributed by atoms with Crippen molar-refractivity contribution in [3.05, 3.63) is 71.8 Å². The molecular weight excluding hydrogens is 264 g/mol. The number of aliphatic hydroxyl groups is 1. The highest BCUT2D eigenvalue weighted by Gasteiger charge is 2.41. The molecule has 2 aromatic rings. The van der Waals surface area contributed by atoms with Crippen LogP contribution in [0.4, 0.5) is 0 Å². The minimum Gasteiger partial charge on any atom is -0.396 e. The molecule has 1 N–H and O–H groups in total. The second kappa shape index (κ2) is 6.39. The van der Waals surface area contributed by atoms with Crippen molar-refractivity contribution in [2.75, 3.05) is 13.2 Å². The van der Waals surface area contributed by atoms with Gasteiger partial charge in [-0.1, -0.05) is 60.7 Å². The lowest BCUT2D eigenvalue weighted by atomic mass is 9.95. The normalized spacial score (nSPS) is 21.1. The van der Waals surface area contributed by atoms with Gasteiger partial charge in [-0.2, -0.15) is 0 Å². The number of benzene rings is 2. The zero-order chi connectivity index (χ0) is 14.5. The van der Waals surface area contributed by atoms with Gasteiger partial charge in [-0.05, 0) is 12.8 Å². The van der Waals surface area contributed by atoms with Crippen LogP contribution in [-0.2, 0) is 15.3 Å². The maximum Gasteiger partial charge on any atom is 0.222 e. The highest BCUT2D eigenvalue weighted by Crippen LogP contribution is 2.39. The molecule has 0 aromatic heterocycles. The van der Waals surface area contributed by atoms with Crippen LogP contribution in [0, 0.1) is 0 Å². The molecule has 1 fully saturated rings. The van der Waals surface area contributed by atoms with Gasteiger partial charge in [0.25, 0.3) is 0 Å². The fourth-order valence-corrected chi connectivity index (χ4v) is 2.79. The van der Waals surface area contributed by atoms with Crippen molar-refractivity contribution in [2.45, 2.75) is 24.7 Å². The lowest BCUT2D eigenvalue weighted by Crippen LogP contribution is -2.43. The molecule has 3 rings (SSSR count). The predicted molar refractivity (Wildman–Crippen MR) is 80.8 cm³/mol. The Bertz CT molecular complexity index is 512. The van der Waals surface area contributed by atoms with Gasteiger partial charge in [0.05, 0.1) is 12.7 Å². The quantitative estimate of drug-likeness (QED) is 0.937. The van der Waals surface area contributed by atoms with E-state index in [9.17, 15) is 5.11 Å². The third kappa shape index (κ3) is 2.86. The first kappa shape index (κ1) is 14.3. The molecule has 110 valence electrons. The molecule has 0 saturated carbocycles. The summed E-state index contributed by atoms with van der Waals surface area (Å²) in [4.78, 5) is 0. The lowest BCUT2D eigenvalue weighted by Gasteiger charge is -2.41. The highest BCUT2D eigenvalue weighted by atomic mass is 16.7. The maximum absolute atomic E-state index is 9.21. The Morgan fingerprint density at radius 1 is 0.952 bits per heavy atom. The summed E-state index contributed by atoms with van der Waals surface area (Å²) in [6, 6.07) is 20.0. The average molecular weight is 284 g/mol. The minimum atomic E-state index is -0.874. The zero-order valence-electron chi connectivity index (χ0n) is 11.9. The Morgan fingerprint density at radius 3 is 2.05 bits per heavy atom. The standard InChI is InChI=1S/C18H20O3/c19-13-11-17-12-14-20-18(21-17,15-7-3-1-4-8-15)16-9-5-2-6-10-16/h1-10,17,19H,11-14H2. The molecule has 1 atom stereocenters. The van der Waals surface area contributed by atoms with Crippen molar-refractivity contribution >= 4 is 0 Å². The van der Waals surface area contributed by atoms with E-state index in [1.54, 1.807) is 0 Å². The molecule has 0 spiro atoms. The van der Waals surface area contributed by atoms with Crippen LogP contribution in [-0.4, -0.2) is 24.4 Å². The summed E-state index contributed by atoms with van der Waals surface area (Å²) in [5, 5.41) is 9.21. The van der Waals surface area contributed by atoms with Gasteiger partial charge in [0, 0.05) is 17.7 Å². The van der Waals surface area contributed by atoms with E-state index in [0.717, 1.165) is 17.5 Å². The molecule has 0 aliphatic carbocycles. The largest absolute Gasteiger partial charge is 0.396 e. The van der Waals surface area contributed by atoms with Crippen molar-refractivity contribution in [1.29, 1.82) is 0 Å². The van der Waals surface area contributed by atoms with E-state index in [4.69, 9.17) is 9.47 Å². The molecule has 0 bridgehead atoms. The Hall–Kier alpha value is -1.68. The SMILES string of the molecule is OCCC1CCOC(c2ccccc2)(c2ccccc2)O1. The van der Waals surface area contributed by atoms with E-state index in [1.165, 1.54) is 0 Å². The van der Waals surface area contributed by atoms with Crippen LogP contribution >= 0.6 is 0 Å². The van der Waals surface area contributed by atoms with Crippen molar-refractivity contribution in [3.63, 3.8) is 0 Å². The first-order valence-electron chi connectivity index (χ1n) is 7.39. The molecule has 0 radical (unpaired) electrons. The Labute approximate surface area is 125 Å². The van der Waals surface area contributed by atoms with Crippen LogP contribution in [0.3, 0.4) is 0 Å². The lowest BCUT2D eigenvalue weighted by molar-refractivity contribution is -0.280. The summed E-state index contributed by atoms with van der Waals surface area (Å²) in [5.74, 6) is -0.874. The molecule has 1 aliphatic heterocycles.